The van der Waals surface area contributed by atoms with Crippen molar-refractivity contribution in [3.8, 4) is 0 Å². The van der Waals surface area contributed by atoms with Crippen LogP contribution in [0, 0.1) is 0 Å². The van der Waals surface area contributed by atoms with E-state index >= 15 is 0 Å². The molecule has 0 fully saturated rings. The van der Waals surface area contributed by atoms with Crippen molar-refractivity contribution in [3.63, 3.8) is 0 Å². The van der Waals surface area contributed by atoms with Crippen molar-refractivity contribution in [3.05, 3.63) is 33.8 Å². The van der Waals surface area contributed by atoms with Gasteiger partial charge in [-0.3, -0.25) is 5.43 Å². The Bertz CT molecular complexity index is 364. The van der Waals surface area contributed by atoms with E-state index in [0.717, 1.165) is 0 Å². The number of nitrogens with two attached hydrogens (primary N) is 1. The molecule has 0 bridgehead atoms. The average molecular weight is 376 g/mol. The predicted molar refractivity (Wildman–Crippen MR) is 79.4 cm³/mol. The summed E-state index contributed by atoms with van der Waals surface area (Å²) in [5, 5.41) is 4.88. The number of benzene rings is 1. The third kappa shape index (κ3) is 4.96. The molecule has 0 heterocycles. The summed E-state index contributed by atoms with van der Waals surface area (Å²) < 4.78 is 0. The van der Waals surface area contributed by atoms with E-state index in [1.165, 1.54) is 6.21 Å². The van der Waals surface area contributed by atoms with Crippen molar-refractivity contribution in [2.24, 2.45) is 10.8 Å². The molecule has 0 aliphatic carbocycles. The van der Waals surface area contributed by atoms with E-state index in [1.807, 2.05) is 0 Å². The van der Waals surface area contributed by atoms with E-state index < -0.39 is 0 Å². The van der Waals surface area contributed by atoms with Gasteiger partial charge < -0.3 is 5.73 Å². The highest BCUT2D eigenvalue weighted by molar-refractivity contribution is 14.0. The van der Waals surface area contributed by atoms with Gasteiger partial charge in [-0.05, 0) is 24.4 Å². The summed E-state index contributed by atoms with van der Waals surface area (Å²) in [4.78, 5) is 0. The molecular formula is C8H8Cl2IN3S. The van der Waals surface area contributed by atoms with E-state index in [1.54, 1.807) is 18.2 Å². The summed E-state index contributed by atoms with van der Waals surface area (Å²) in [6, 6.07) is 5.19. The predicted octanol–water partition coefficient (Wildman–Crippen LogP) is 2.78. The Hall–Kier alpha value is -0.110. The monoisotopic (exact) mass is 375 g/mol. The Labute approximate surface area is 120 Å². The fraction of sp³-hybridized carbons (Fsp3) is 0. The lowest BCUT2D eigenvalue weighted by molar-refractivity contribution is 1.04. The van der Waals surface area contributed by atoms with E-state index in [9.17, 15) is 0 Å². The molecule has 1 rings (SSSR count). The summed E-state index contributed by atoms with van der Waals surface area (Å²) in [6.45, 7) is 0. The summed E-state index contributed by atoms with van der Waals surface area (Å²) >= 11 is 16.3. The zero-order valence-corrected chi connectivity index (χ0v) is 12.1. The summed E-state index contributed by atoms with van der Waals surface area (Å²) in [5.41, 5.74) is 8.21. The molecule has 0 unspecified atom stereocenters. The van der Waals surface area contributed by atoms with Gasteiger partial charge in [-0.15, -0.1) is 24.0 Å². The van der Waals surface area contributed by atoms with Crippen molar-refractivity contribution in [2.75, 3.05) is 0 Å². The Morgan fingerprint density at radius 3 is 2.40 bits per heavy atom. The van der Waals surface area contributed by atoms with Gasteiger partial charge in [0.05, 0.1) is 16.3 Å². The molecule has 1 aromatic carbocycles. The second-order valence-corrected chi connectivity index (χ2v) is 3.62. The highest BCUT2D eigenvalue weighted by Gasteiger charge is 2.01. The molecule has 15 heavy (non-hydrogen) atoms. The molecule has 0 aliphatic heterocycles. The quantitative estimate of drug-likeness (QED) is 0.361. The first-order valence-corrected chi connectivity index (χ1v) is 4.80. The van der Waals surface area contributed by atoms with Gasteiger partial charge in [-0.25, -0.2) is 0 Å². The van der Waals surface area contributed by atoms with Crippen LogP contribution in [-0.4, -0.2) is 11.3 Å². The number of nitrogens with one attached hydrogen (secondary N) is 1. The van der Waals surface area contributed by atoms with E-state index in [-0.39, 0.29) is 29.1 Å². The van der Waals surface area contributed by atoms with Crippen molar-refractivity contribution in [1.82, 2.24) is 5.43 Å². The topological polar surface area (TPSA) is 50.4 Å². The number of halogens is 3. The fourth-order valence-corrected chi connectivity index (χ4v) is 1.34. The molecule has 0 aromatic heterocycles. The van der Waals surface area contributed by atoms with Crippen LogP contribution < -0.4 is 11.2 Å². The molecule has 1 aromatic rings. The minimum absolute atomic E-state index is 0. The first kappa shape index (κ1) is 14.9. The zero-order valence-electron chi connectivity index (χ0n) is 7.41. The van der Waals surface area contributed by atoms with Gasteiger partial charge in [0.2, 0.25) is 0 Å². The normalized spacial score (nSPS) is 9.73. The van der Waals surface area contributed by atoms with Crippen LogP contribution in [0.15, 0.2) is 23.3 Å². The van der Waals surface area contributed by atoms with Crippen LogP contribution in [-0.2, 0) is 0 Å². The van der Waals surface area contributed by atoms with Crippen LogP contribution in [0.25, 0.3) is 0 Å². The zero-order chi connectivity index (χ0) is 10.6. The van der Waals surface area contributed by atoms with Gasteiger partial charge in [0.1, 0.15) is 0 Å². The Balaban J connectivity index is 0.00000196. The highest BCUT2D eigenvalue weighted by Crippen LogP contribution is 2.21. The molecule has 7 heteroatoms. The van der Waals surface area contributed by atoms with Crippen LogP contribution >= 0.6 is 59.4 Å². The molecule has 0 atom stereocenters. The molecular weight excluding hydrogens is 368 g/mol. The fourth-order valence-electron chi connectivity index (χ4n) is 0.794. The first-order valence-electron chi connectivity index (χ1n) is 3.64. The van der Waals surface area contributed by atoms with Crippen LogP contribution in [0.4, 0.5) is 0 Å². The molecule has 3 N–H and O–H groups in total. The Kier molecular flexibility index (Phi) is 7.16. The Morgan fingerprint density at radius 1 is 1.40 bits per heavy atom. The third-order valence-corrected chi connectivity index (χ3v) is 2.12. The number of rotatable bonds is 2. The summed E-state index contributed by atoms with van der Waals surface area (Å²) in [5.74, 6) is 0. The molecule has 0 saturated heterocycles. The molecule has 3 nitrogen and oxygen atoms in total. The van der Waals surface area contributed by atoms with Crippen molar-refractivity contribution < 1.29 is 0 Å². The van der Waals surface area contributed by atoms with Crippen molar-refractivity contribution in [2.45, 2.75) is 0 Å². The van der Waals surface area contributed by atoms with Gasteiger partial charge in [0.25, 0.3) is 0 Å². The summed E-state index contributed by atoms with van der Waals surface area (Å²) in [6.07, 6.45) is 1.46. The number of hydrogen-bond acceptors (Lipinski definition) is 2. The second-order valence-electron chi connectivity index (χ2n) is 2.37. The maximum Gasteiger partial charge on any atom is 0.184 e. The van der Waals surface area contributed by atoms with Gasteiger partial charge >= 0.3 is 0 Å². The SMILES string of the molecule is I.NC(=S)NN=Cc1c(Cl)cccc1Cl. The van der Waals surface area contributed by atoms with E-state index in [0.29, 0.717) is 15.6 Å². The smallest absolute Gasteiger partial charge is 0.184 e. The van der Waals surface area contributed by atoms with Crippen molar-refractivity contribution in [1.29, 1.82) is 0 Å². The highest BCUT2D eigenvalue weighted by atomic mass is 127. The molecule has 0 radical (unpaired) electrons. The number of nitrogens with zero attached hydrogens (tertiary/aromatic N) is 1. The molecule has 0 spiro atoms. The standard InChI is InChI=1S/C8H7Cl2N3S.HI/c9-6-2-1-3-7(10)5(6)4-12-13-8(11)14;/h1-4H,(H3,11,13,14);1H. The van der Waals surface area contributed by atoms with Gasteiger partial charge in [0.15, 0.2) is 5.11 Å². The molecule has 82 valence electrons. The number of hydrazone groups is 1. The molecule has 0 aliphatic rings. The lowest BCUT2D eigenvalue weighted by atomic mass is 10.2. The van der Waals surface area contributed by atoms with Crippen molar-refractivity contribution >= 4 is 70.7 Å². The first-order chi connectivity index (χ1) is 6.61. The largest absolute Gasteiger partial charge is 0.375 e. The van der Waals surface area contributed by atoms with Crippen LogP contribution in [0.2, 0.25) is 10.0 Å². The van der Waals surface area contributed by atoms with E-state index in [4.69, 9.17) is 28.9 Å². The molecule has 0 saturated carbocycles. The average Bonchev–Trinajstić information content (AvgIpc) is 2.09. The lowest BCUT2D eigenvalue weighted by Gasteiger charge is -2.00. The maximum absolute atomic E-state index is 5.88. The minimum Gasteiger partial charge on any atom is -0.375 e. The summed E-state index contributed by atoms with van der Waals surface area (Å²) in [7, 11) is 0. The third-order valence-electron chi connectivity index (χ3n) is 1.37. The minimum atomic E-state index is 0. The van der Waals surface area contributed by atoms with E-state index in [2.05, 4.69) is 22.7 Å². The Morgan fingerprint density at radius 2 is 1.93 bits per heavy atom. The second kappa shape index (κ2) is 7.21. The van der Waals surface area contributed by atoms with Gasteiger partial charge in [-0.1, -0.05) is 29.3 Å². The number of hydrogen-bond donors (Lipinski definition) is 2. The van der Waals surface area contributed by atoms with Gasteiger partial charge in [-0.2, -0.15) is 5.10 Å². The lowest BCUT2D eigenvalue weighted by Crippen LogP contribution is -2.24. The maximum atomic E-state index is 5.88. The van der Waals surface area contributed by atoms with Crippen LogP contribution in [0.3, 0.4) is 0 Å². The van der Waals surface area contributed by atoms with Gasteiger partial charge in [0, 0.05) is 5.56 Å². The van der Waals surface area contributed by atoms with Crippen LogP contribution in [0.1, 0.15) is 5.56 Å². The molecule has 0 amide bonds. The number of thiocarbonyl (C=S) groups is 1. The van der Waals surface area contributed by atoms with Crippen LogP contribution in [0.5, 0.6) is 0 Å².